The van der Waals surface area contributed by atoms with Gasteiger partial charge in [-0.25, -0.2) is 0 Å². The number of nitrogens with one attached hydrogen (secondary N) is 1. The number of hydrazine groups is 1. The van der Waals surface area contributed by atoms with E-state index in [0.29, 0.717) is 20.5 Å². The lowest BCUT2D eigenvalue weighted by Crippen LogP contribution is -2.44. The molecule has 2 aromatic rings. The third-order valence-electron chi connectivity index (χ3n) is 3.37. The maximum absolute atomic E-state index is 12.6. The molecule has 0 saturated carbocycles. The van der Waals surface area contributed by atoms with Gasteiger partial charge in [-0.2, -0.15) is 5.01 Å². The quantitative estimate of drug-likeness (QED) is 0.524. The highest BCUT2D eigenvalue weighted by molar-refractivity contribution is 8.26. The number of hydrogen-bond acceptors (Lipinski definition) is 4. The molecule has 4 nitrogen and oxygen atoms in total. The minimum absolute atomic E-state index is 0.201. The predicted octanol–water partition coefficient (Wildman–Crippen LogP) is 5.19. The molecule has 0 unspecified atom stereocenters. The molecular weight excluding hydrogens is 435 g/mol. The van der Waals surface area contributed by atoms with Crippen LogP contribution in [0.5, 0.6) is 0 Å². The van der Waals surface area contributed by atoms with Crippen molar-refractivity contribution in [2.75, 3.05) is 0 Å². The van der Waals surface area contributed by atoms with Crippen LogP contribution in [0.2, 0.25) is 15.1 Å². The Bertz CT molecular complexity index is 963. The van der Waals surface area contributed by atoms with Crippen molar-refractivity contribution in [3.8, 4) is 0 Å². The van der Waals surface area contributed by atoms with Crippen molar-refractivity contribution in [2.45, 2.75) is 0 Å². The molecule has 1 aliphatic heterocycles. The number of amides is 2. The number of benzene rings is 2. The largest absolute Gasteiger partial charge is 0.285 e. The van der Waals surface area contributed by atoms with Gasteiger partial charge in [-0.1, -0.05) is 64.8 Å². The standard InChI is InChI=1S/C17H9Cl3N2O2S2/c18-10-6-5-9(13(20)8-10)7-14-16(24)22(17(25)26-14)21-15(23)11-3-1-2-4-12(11)19/h1-8H,(H,21,23). The molecule has 0 radical (unpaired) electrons. The number of thioether (sulfide) groups is 1. The van der Waals surface area contributed by atoms with Crippen LogP contribution in [0, 0.1) is 0 Å². The van der Waals surface area contributed by atoms with Crippen molar-refractivity contribution in [1.29, 1.82) is 0 Å². The van der Waals surface area contributed by atoms with Crippen LogP contribution < -0.4 is 5.43 Å². The Kier molecular flexibility index (Phi) is 5.89. The van der Waals surface area contributed by atoms with E-state index in [1.165, 1.54) is 0 Å². The summed E-state index contributed by atoms with van der Waals surface area (Å²) in [4.78, 5) is 25.3. The molecule has 1 fully saturated rings. The van der Waals surface area contributed by atoms with E-state index in [-0.39, 0.29) is 14.9 Å². The predicted molar refractivity (Wildman–Crippen MR) is 110 cm³/mol. The Morgan fingerprint density at radius 3 is 2.54 bits per heavy atom. The van der Waals surface area contributed by atoms with Crippen LogP contribution >= 0.6 is 58.8 Å². The van der Waals surface area contributed by atoms with Gasteiger partial charge in [0.15, 0.2) is 4.32 Å². The first-order valence-electron chi connectivity index (χ1n) is 7.15. The zero-order valence-electron chi connectivity index (χ0n) is 12.8. The lowest BCUT2D eigenvalue weighted by Gasteiger charge is -2.16. The first-order valence-corrected chi connectivity index (χ1v) is 9.51. The molecule has 1 N–H and O–H groups in total. The number of carbonyl (C=O) groups excluding carboxylic acids is 2. The molecule has 0 spiro atoms. The van der Waals surface area contributed by atoms with E-state index in [2.05, 4.69) is 5.43 Å². The third-order valence-corrected chi connectivity index (χ3v) is 5.57. The molecule has 132 valence electrons. The zero-order chi connectivity index (χ0) is 18.8. The average Bonchev–Trinajstić information content (AvgIpc) is 2.85. The minimum Gasteiger partial charge on any atom is -0.267 e. The van der Waals surface area contributed by atoms with E-state index in [1.54, 1.807) is 48.5 Å². The van der Waals surface area contributed by atoms with Gasteiger partial charge in [0.1, 0.15) is 0 Å². The number of nitrogens with zero attached hydrogens (tertiary/aromatic N) is 1. The number of carbonyl (C=O) groups is 2. The van der Waals surface area contributed by atoms with Crippen molar-refractivity contribution >= 4 is 81.0 Å². The molecule has 26 heavy (non-hydrogen) atoms. The molecule has 3 rings (SSSR count). The van der Waals surface area contributed by atoms with Gasteiger partial charge in [-0.3, -0.25) is 15.0 Å². The molecule has 0 bridgehead atoms. The van der Waals surface area contributed by atoms with Crippen molar-refractivity contribution in [2.24, 2.45) is 0 Å². The summed E-state index contributed by atoms with van der Waals surface area (Å²) in [7, 11) is 0. The van der Waals surface area contributed by atoms with E-state index in [4.69, 9.17) is 47.0 Å². The van der Waals surface area contributed by atoms with Crippen LogP contribution in [0.4, 0.5) is 0 Å². The highest BCUT2D eigenvalue weighted by atomic mass is 35.5. The van der Waals surface area contributed by atoms with Gasteiger partial charge >= 0.3 is 0 Å². The van der Waals surface area contributed by atoms with Gasteiger partial charge in [-0.15, -0.1) is 0 Å². The Morgan fingerprint density at radius 1 is 1.12 bits per heavy atom. The topological polar surface area (TPSA) is 49.4 Å². The molecule has 1 aliphatic rings. The smallest absolute Gasteiger partial charge is 0.267 e. The summed E-state index contributed by atoms with van der Waals surface area (Å²) in [5.74, 6) is -0.982. The van der Waals surface area contributed by atoms with Crippen LogP contribution in [-0.4, -0.2) is 21.1 Å². The van der Waals surface area contributed by atoms with Crippen molar-refractivity contribution in [3.05, 3.63) is 73.6 Å². The van der Waals surface area contributed by atoms with Gasteiger partial charge in [-0.05, 0) is 48.1 Å². The fourth-order valence-corrected chi connectivity index (χ4v) is 3.99. The van der Waals surface area contributed by atoms with E-state index >= 15 is 0 Å². The summed E-state index contributed by atoms with van der Waals surface area (Å²) in [5.41, 5.74) is 3.34. The maximum Gasteiger partial charge on any atom is 0.285 e. The summed E-state index contributed by atoms with van der Waals surface area (Å²) < 4.78 is 0.201. The summed E-state index contributed by atoms with van der Waals surface area (Å²) in [6, 6.07) is 11.5. The fraction of sp³-hybridized carbons (Fsp3) is 0. The first kappa shape index (κ1) is 19.2. The number of hydrogen-bond donors (Lipinski definition) is 1. The second kappa shape index (κ2) is 7.98. The molecule has 0 aliphatic carbocycles. The first-order chi connectivity index (χ1) is 12.4. The van der Waals surface area contributed by atoms with Gasteiger partial charge in [0.2, 0.25) is 0 Å². The van der Waals surface area contributed by atoms with E-state index < -0.39 is 11.8 Å². The Hall–Kier alpha value is -1.57. The summed E-state index contributed by atoms with van der Waals surface area (Å²) in [5, 5.41) is 2.19. The SMILES string of the molecule is O=C(NN1C(=O)C(=Cc2ccc(Cl)cc2Cl)SC1=S)c1ccccc1Cl. The van der Waals surface area contributed by atoms with Crippen LogP contribution in [0.15, 0.2) is 47.4 Å². The van der Waals surface area contributed by atoms with Crippen LogP contribution in [0.25, 0.3) is 6.08 Å². The normalized spacial score (nSPS) is 15.7. The highest BCUT2D eigenvalue weighted by Gasteiger charge is 2.34. The number of halogens is 3. The van der Waals surface area contributed by atoms with Gasteiger partial charge < -0.3 is 0 Å². The van der Waals surface area contributed by atoms with E-state index in [0.717, 1.165) is 16.8 Å². The lowest BCUT2D eigenvalue weighted by molar-refractivity contribution is -0.123. The Morgan fingerprint density at radius 2 is 1.85 bits per heavy atom. The second-order valence-electron chi connectivity index (χ2n) is 5.10. The molecule has 0 aromatic heterocycles. The minimum atomic E-state index is -0.530. The average molecular weight is 444 g/mol. The second-order valence-corrected chi connectivity index (χ2v) is 8.03. The third kappa shape index (κ3) is 4.05. The van der Waals surface area contributed by atoms with Gasteiger partial charge in [0.25, 0.3) is 11.8 Å². The van der Waals surface area contributed by atoms with Crippen molar-refractivity contribution in [1.82, 2.24) is 10.4 Å². The van der Waals surface area contributed by atoms with Crippen molar-refractivity contribution in [3.63, 3.8) is 0 Å². The Balaban J connectivity index is 1.82. The highest BCUT2D eigenvalue weighted by Crippen LogP contribution is 2.33. The van der Waals surface area contributed by atoms with E-state index in [1.807, 2.05) is 0 Å². The summed E-state index contributed by atoms with van der Waals surface area (Å²) in [6.45, 7) is 0. The van der Waals surface area contributed by atoms with Crippen LogP contribution in [0.3, 0.4) is 0 Å². The van der Waals surface area contributed by atoms with Gasteiger partial charge in [0.05, 0.1) is 15.5 Å². The summed E-state index contributed by atoms with van der Waals surface area (Å²) in [6.07, 6.45) is 1.60. The number of rotatable bonds is 3. The van der Waals surface area contributed by atoms with Crippen LogP contribution in [0.1, 0.15) is 15.9 Å². The maximum atomic E-state index is 12.6. The molecule has 2 aromatic carbocycles. The Labute approximate surface area is 174 Å². The molecule has 9 heteroatoms. The van der Waals surface area contributed by atoms with Crippen molar-refractivity contribution < 1.29 is 9.59 Å². The molecular formula is C17H9Cl3N2O2S2. The molecule has 1 heterocycles. The zero-order valence-corrected chi connectivity index (χ0v) is 16.7. The van der Waals surface area contributed by atoms with E-state index in [9.17, 15) is 9.59 Å². The summed E-state index contributed by atoms with van der Waals surface area (Å²) >= 11 is 24.3. The molecule has 2 amide bonds. The monoisotopic (exact) mass is 442 g/mol. The number of thiocarbonyl (C=S) groups is 1. The molecule has 0 atom stereocenters. The van der Waals surface area contributed by atoms with Gasteiger partial charge in [0, 0.05) is 10.0 Å². The molecule has 1 saturated heterocycles. The van der Waals surface area contributed by atoms with Crippen LogP contribution in [-0.2, 0) is 4.79 Å². The lowest BCUT2D eigenvalue weighted by atomic mass is 10.2. The fourth-order valence-electron chi connectivity index (χ4n) is 2.13.